The van der Waals surface area contributed by atoms with E-state index in [1.807, 2.05) is 73.3 Å². The number of hydrogen-bond acceptors (Lipinski definition) is 3. The molecule has 4 aromatic rings. The smallest absolute Gasteiger partial charge is 0.248 e. The Morgan fingerprint density at radius 2 is 1.87 bits per heavy atom. The lowest BCUT2D eigenvalue weighted by Gasteiger charge is -2.08. The van der Waals surface area contributed by atoms with Crippen LogP contribution in [-0.2, 0) is 11.3 Å². The van der Waals surface area contributed by atoms with E-state index in [2.05, 4.69) is 22.4 Å². The lowest BCUT2D eigenvalue weighted by Crippen LogP contribution is -2.09. The quantitative estimate of drug-likeness (QED) is 0.443. The van der Waals surface area contributed by atoms with Gasteiger partial charge in [-0.1, -0.05) is 42.5 Å². The van der Waals surface area contributed by atoms with Crippen LogP contribution in [0, 0.1) is 13.8 Å². The summed E-state index contributed by atoms with van der Waals surface area (Å²) in [4.78, 5) is 16.8. The van der Waals surface area contributed by atoms with Crippen LogP contribution in [0.1, 0.15) is 22.3 Å². The molecule has 0 aliphatic heterocycles. The van der Waals surface area contributed by atoms with E-state index < -0.39 is 0 Å². The third-order valence-corrected chi connectivity index (χ3v) is 5.19. The predicted octanol–water partition coefficient (Wildman–Crippen LogP) is 5.26. The van der Waals surface area contributed by atoms with Gasteiger partial charge in [-0.25, -0.2) is 0 Å². The number of carbonyl (C=O) groups is 1. The van der Waals surface area contributed by atoms with E-state index in [1.165, 1.54) is 0 Å². The molecule has 0 spiro atoms. The van der Waals surface area contributed by atoms with E-state index in [-0.39, 0.29) is 5.91 Å². The number of benzene rings is 2. The van der Waals surface area contributed by atoms with E-state index in [9.17, 15) is 4.79 Å². The zero-order valence-electron chi connectivity index (χ0n) is 17.6. The second-order valence-electron chi connectivity index (χ2n) is 7.43. The van der Waals surface area contributed by atoms with Gasteiger partial charge in [-0.05, 0) is 54.8 Å². The summed E-state index contributed by atoms with van der Waals surface area (Å²) < 4.78 is 1.89. The van der Waals surface area contributed by atoms with Crippen molar-refractivity contribution in [1.29, 1.82) is 0 Å². The maximum absolute atomic E-state index is 12.6. The molecular weight excluding hydrogens is 384 g/mol. The number of nitrogens with zero attached hydrogens (tertiary/aromatic N) is 3. The minimum atomic E-state index is -0.179. The van der Waals surface area contributed by atoms with Gasteiger partial charge in [0.05, 0.1) is 6.54 Å². The summed E-state index contributed by atoms with van der Waals surface area (Å²) in [5.74, 6) is -0.179. The monoisotopic (exact) mass is 408 g/mol. The van der Waals surface area contributed by atoms with Crippen molar-refractivity contribution in [2.24, 2.45) is 0 Å². The van der Waals surface area contributed by atoms with Crippen LogP contribution < -0.4 is 5.32 Å². The van der Waals surface area contributed by atoms with Gasteiger partial charge in [0, 0.05) is 41.5 Å². The summed E-state index contributed by atoms with van der Waals surface area (Å²) in [6.07, 6.45) is 8.82. The number of hydrogen-bond donors (Lipinski definition) is 1. The van der Waals surface area contributed by atoms with Crippen molar-refractivity contribution in [1.82, 2.24) is 14.8 Å². The van der Waals surface area contributed by atoms with Crippen LogP contribution in [-0.4, -0.2) is 20.7 Å². The van der Waals surface area contributed by atoms with Gasteiger partial charge in [-0.3, -0.25) is 14.5 Å². The standard InChI is InChI=1S/C26H24N4O/c1-19-8-6-12-24(20(19)2)28-25(31)14-13-23-18-30(17-21-9-4-3-5-10-21)29-26(23)22-11-7-15-27-16-22/h3-16,18H,17H2,1-2H3,(H,28,31)/b14-13+. The van der Waals surface area contributed by atoms with Crippen LogP contribution in [0.25, 0.3) is 17.3 Å². The number of amides is 1. The summed E-state index contributed by atoms with van der Waals surface area (Å²) in [5.41, 5.74) is 6.75. The van der Waals surface area contributed by atoms with Crippen molar-refractivity contribution >= 4 is 17.7 Å². The number of pyridine rings is 1. The van der Waals surface area contributed by atoms with E-state index in [1.54, 1.807) is 24.5 Å². The van der Waals surface area contributed by atoms with E-state index >= 15 is 0 Å². The first-order valence-corrected chi connectivity index (χ1v) is 10.2. The van der Waals surface area contributed by atoms with Gasteiger partial charge in [0.25, 0.3) is 0 Å². The number of carbonyl (C=O) groups excluding carboxylic acids is 1. The Kier molecular flexibility index (Phi) is 6.03. The van der Waals surface area contributed by atoms with Crippen LogP contribution in [0.2, 0.25) is 0 Å². The Morgan fingerprint density at radius 1 is 1.03 bits per heavy atom. The van der Waals surface area contributed by atoms with Gasteiger partial charge in [-0.2, -0.15) is 5.10 Å². The molecule has 0 fully saturated rings. The lowest BCUT2D eigenvalue weighted by atomic mass is 10.1. The van der Waals surface area contributed by atoms with Gasteiger partial charge in [0.1, 0.15) is 5.69 Å². The normalized spacial score (nSPS) is 11.0. The molecule has 5 nitrogen and oxygen atoms in total. The van der Waals surface area contributed by atoms with Crippen LogP contribution in [0.5, 0.6) is 0 Å². The Hall–Kier alpha value is -3.99. The van der Waals surface area contributed by atoms with Crippen molar-refractivity contribution in [2.45, 2.75) is 20.4 Å². The highest BCUT2D eigenvalue weighted by Gasteiger charge is 2.11. The first-order chi connectivity index (χ1) is 15.1. The molecule has 0 bridgehead atoms. The Bertz CT molecular complexity index is 1210. The topological polar surface area (TPSA) is 59.8 Å². The van der Waals surface area contributed by atoms with Gasteiger partial charge in [0.2, 0.25) is 5.91 Å². The van der Waals surface area contributed by atoms with Gasteiger partial charge in [-0.15, -0.1) is 0 Å². The molecule has 1 N–H and O–H groups in total. The number of anilines is 1. The second kappa shape index (κ2) is 9.22. The van der Waals surface area contributed by atoms with Crippen molar-refractivity contribution < 1.29 is 4.79 Å². The molecule has 2 heterocycles. The molecule has 31 heavy (non-hydrogen) atoms. The SMILES string of the molecule is Cc1cccc(NC(=O)/C=C/c2cn(Cc3ccccc3)nc2-c2cccnc2)c1C. The van der Waals surface area contributed by atoms with E-state index in [0.29, 0.717) is 6.54 Å². The van der Waals surface area contributed by atoms with Crippen LogP contribution in [0.15, 0.2) is 85.3 Å². The summed E-state index contributed by atoms with van der Waals surface area (Å²) in [6.45, 7) is 4.68. The fourth-order valence-electron chi connectivity index (χ4n) is 3.36. The Balaban J connectivity index is 1.60. The summed E-state index contributed by atoms with van der Waals surface area (Å²) in [7, 11) is 0. The Labute approximate surface area is 182 Å². The number of nitrogens with one attached hydrogen (secondary N) is 1. The molecule has 2 aromatic carbocycles. The van der Waals surface area contributed by atoms with Gasteiger partial charge >= 0.3 is 0 Å². The third-order valence-electron chi connectivity index (χ3n) is 5.19. The fourth-order valence-corrected chi connectivity index (χ4v) is 3.36. The maximum Gasteiger partial charge on any atom is 0.248 e. The molecule has 0 unspecified atom stereocenters. The average Bonchev–Trinajstić information content (AvgIpc) is 3.19. The minimum Gasteiger partial charge on any atom is -0.322 e. The molecule has 0 saturated heterocycles. The molecule has 5 heteroatoms. The minimum absolute atomic E-state index is 0.179. The highest BCUT2D eigenvalue weighted by molar-refractivity contribution is 6.02. The molecule has 1 amide bonds. The van der Waals surface area contributed by atoms with Gasteiger partial charge < -0.3 is 5.32 Å². The summed E-state index contributed by atoms with van der Waals surface area (Å²) in [6, 6.07) is 19.9. The van der Waals surface area contributed by atoms with Crippen LogP contribution >= 0.6 is 0 Å². The number of aryl methyl sites for hydroxylation is 1. The molecule has 0 aliphatic rings. The highest BCUT2D eigenvalue weighted by Crippen LogP contribution is 2.23. The largest absolute Gasteiger partial charge is 0.322 e. The maximum atomic E-state index is 12.6. The van der Waals surface area contributed by atoms with Crippen LogP contribution in [0.4, 0.5) is 5.69 Å². The van der Waals surface area contributed by atoms with Gasteiger partial charge in [0.15, 0.2) is 0 Å². The first kappa shape index (κ1) is 20.3. The van der Waals surface area contributed by atoms with Crippen LogP contribution in [0.3, 0.4) is 0 Å². The predicted molar refractivity (Wildman–Crippen MR) is 125 cm³/mol. The molecular formula is C26H24N4O. The van der Waals surface area contributed by atoms with E-state index in [4.69, 9.17) is 5.10 Å². The molecule has 0 saturated carbocycles. The number of rotatable bonds is 6. The van der Waals surface area contributed by atoms with Crippen molar-refractivity contribution in [3.8, 4) is 11.3 Å². The average molecular weight is 409 g/mol. The molecule has 0 radical (unpaired) electrons. The zero-order chi connectivity index (χ0) is 21.6. The molecule has 4 rings (SSSR count). The summed E-state index contributed by atoms with van der Waals surface area (Å²) in [5, 5.41) is 7.72. The third kappa shape index (κ3) is 4.95. The lowest BCUT2D eigenvalue weighted by molar-refractivity contribution is -0.111. The number of aromatic nitrogens is 3. The molecule has 154 valence electrons. The Morgan fingerprint density at radius 3 is 2.65 bits per heavy atom. The molecule has 0 aliphatic carbocycles. The first-order valence-electron chi connectivity index (χ1n) is 10.2. The van der Waals surface area contributed by atoms with Crippen molar-refractivity contribution in [3.63, 3.8) is 0 Å². The second-order valence-corrected chi connectivity index (χ2v) is 7.43. The molecule has 0 atom stereocenters. The molecule has 2 aromatic heterocycles. The van der Waals surface area contributed by atoms with E-state index in [0.717, 1.165) is 39.2 Å². The highest BCUT2D eigenvalue weighted by atomic mass is 16.1. The summed E-state index contributed by atoms with van der Waals surface area (Å²) >= 11 is 0. The zero-order valence-corrected chi connectivity index (χ0v) is 17.6. The van der Waals surface area contributed by atoms with Crippen molar-refractivity contribution in [2.75, 3.05) is 5.32 Å². The fraction of sp³-hybridized carbons (Fsp3) is 0.115. The van der Waals surface area contributed by atoms with Crippen molar-refractivity contribution in [3.05, 3.63) is 108 Å².